The van der Waals surface area contributed by atoms with Crippen LogP contribution >= 0.6 is 0 Å². The van der Waals surface area contributed by atoms with Crippen LogP contribution in [0.3, 0.4) is 0 Å². The Hall–Kier alpha value is -9.24. The van der Waals surface area contributed by atoms with Gasteiger partial charge in [-0.25, -0.2) is 0 Å². The van der Waals surface area contributed by atoms with Crippen molar-refractivity contribution < 1.29 is 61.9 Å². The average molecular weight is 1350 g/mol. The van der Waals surface area contributed by atoms with Gasteiger partial charge in [0, 0.05) is 155 Å². The van der Waals surface area contributed by atoms with E-state index < -0.39 is 11.4 Å². The lowest BCUT2D eigenvalue weighted by atomic mass is 9.77. The Balaban J connectivity index is 0.000000200. The molecule has 99 heavy (non-hydrogen) atoms. The van der Waals surface area contributed by atoms with Crippen LogP contribution in [0.15, 0.2) is 119 Å². The Labute approximate surface area is 581 Å². The zero-order valence-corrected chi connectivity index (χ0v) is 58.8. The Kier molecular flexibility index (Phi) is 22.5. The van der Waals surface area contributed by atoms with Crippen molar-refractivity contribution in [2.75, 3.05) is 126 Å². The predicted octanol–water partition coefficient (Wildman–Crippen LogP) is 12.3. The third kappa shape index (κ3) is 14.9. The van der Waals surface area contributed by atoms with Gasteiger partial charge < -0.3 is 62.6 Å². The van der Waals surface area contributed by atoms with Crippen molar-refractivity contribution in [3.8, 4) is 11.5 Å². The number of likely N-dealkylation sites (N-methyl/N-ethyl adjacent to an activating group) is 2. The number of para-hydroxylation sites is 2. The minimum absolute atomic E-state index is 0.0398. The predicted molar refractivity (Wildman–Crippen MR) is 386 cm³/mol. The molecule has 6 aliphatic rings. The van der Waals surface area contributed by atoms with E-state index >= 15 is 0 Å². The number of piperazine rings is 2. The number of aliphatic imine (C=N–C) groups is 2. The summed E-state index contributed by atoms with van der Waals surface area (Å²) in [6.07, 6.45) is 9.24. The molecule has 0 bridgehead atoms. The second kappa shape index (κ2) is 31.3. The Morgan fingerprint density at radius 2 is 0.798 bits per heavy atom. The summed E-state index contributed by atoms with van der Waals surface area (Å²) in [5.41, 5.74) is 6.22. The number of carbonyl (C=O) groups excluding carboxylic acids is 6. The highest BCUT2D eigenvalue weighted by atomic mass is 16.6. The van der Waals surface area contributed by atoms with Crippen molar-refractivity contribution in [2.24, 2.45) is 9.98 Å². The number of nitrogens with zero attached hydrogens (tertiary/aromatic N) is 8. The highest BCUT2D eigenvalue weighted by molar-refractivity contribution is 6.08. The minimum Gasteiger partial charge on any atom is -0.466 e. The van der Waals surface area contributed by atoms with E-state index in [2.05, 4.69) is 146 Å². The number of benzene rings is 6. The van der Waals surface area contributed by atoms with Crippen molar-refractivity contribution in [3.05, 3.63) is 120 Å². The van der Waals surface area contributed by atoms with Crippen LogP contribution in [0, 0.1) is 0 Å². The molecule has 0 aromatic heterocycles. The first-order valence-corrected chi connectivity index (χ1v) is 35.3. The molecule has 12 rings (SSSR count). The molecule has 0 radical (unpaired) electrons. The molecule has 6 aliphatic heterocycles. The lowest BCUT2D eigenvalue weighted by Crippen LogP contribution is -2.61. The van der Waals surface area contributed by atoms with E-state index in [-0.39, 0.29) is 85.4 Å². The highest BCUT2D eigenvalue weighted by Crippen LogP contribution is 2.57. The number of ether oxygens (including phenoxy) is 7. The molecule has 2 atom stereocenters. The molecule has 6 aromatic carbocycles. The summed E-state index contributed by atoms with van der Waals surface area (Å²) >= 11 is 0. The molecular formula is C78H96N8O13. The molecule has 21 heteroatoms. The summed E-state index contributed by atoms with van der Waals surface area (Å²) in [5, 5.41) is 4.25. The molecule has 2 unspecified atom stereocenters. The Morgan fingerprint density at radius 3 is 1.21 bits per heavy atom. The maximum atomic E-state index is 13.1. The van der Waals surface area contributed by atoms with E-state index in [1.165, 1.54) is 11.1 Å². The molecule has 0 aliphatic carbocycles. The van der Waals surface area contributed by atoms with Crippen molar-refractivity contribution in [3.63, 3.8) is 0 Å². The Bertz CT molecular complexity index is 3990. The van der Waals surface area contributed by atoms with E-state index in [4.69, 9.17) is 43.1 Å². The summed E-state index contributed by atoms with van der Waals surface area (Å²) in [6, 6.07) is 37.7. The van der Waals surface area contributed by atoms with Crippen LogP contribution in [-0.2, 0) is 63.3 Å². The maximum absolute atomic E-state index is 13.1. The number of rotatable bonds is 25. The molecule has 2 amide bonds. The van der Waals surface area contributed by atoms with Crippen LogP contribution in [0.2, 0.25) is 0 Å². The van der Waals surface area contributed by atoms with Crippen LogP contribution in [0.1, 0.15) is 130 Å². The van der Waals surface area contributed by atoms with E-state index in [0.717, 1.165) is 80.0 Å². The van der Waals surface area contributed by atoms with Crippen LogP contribution in [0.25, 0.3) is 21.5 Å². The van der Waals surface area contributed by atoms with Gasteiger partial charge in [0.1, 0.15) is 18.0 Å². The minimum atomic E-state index is -0.782. The molecule has 21 nitrogen and oxygen atoms in total. The van der Waals surface area contributed by atoms with Crippen molar-refractivity contribution in [2.45, 2.75) is 141 Å². The normalized spacial score (nSPS) is 19.0. The first kappa shape index (κ1) is 71.1. The number of anilines is 4. The van der Waals surface area contributed by atoms with Crippen molar-refractivity contribution in [1.29, 1.82) is 0 Å². The standard InChI is InChI=1S/C40H50N4O7.C38H46N4O6/c1-5-48-25-26-50-36(46)17-7-6-12-24-49-37(47)19-18-35(45)44-22-20-43(21-23-44)33-27-34-38(30-14-9-8-13-29(30)33)41-28-40(51-34)39(2,3)31-15-10-11-16-32(31)42(40)4;1-5-46-34(44)17-7-6-12-24-47-35(45)19-18-33(43)42-22-20-41(21-23-42)31-25-32-36(28-14-9-8-13-27(28)31)39-26-38(48-32)37(2,3)29-15-10-11-16-30(29)40(38)4/h8-11,13-16,27-28H,5-7,12,17-26H2,1-4H3;8-11,13-16,25-26H,5-7,12,17-24H2,1-4H3. The lowest BCUT2D eigenvalue weighted by molar-refractivity contribution is -0.147. The lowest BCUT2D eigenvalue weighted by Gasteiger charge is -2.45. The second-order valence-corrected chi connectivity index (χ2v) is 27.1. The fourth-order valence-corrected chi connectivity index (χ4v) is 14.7. The maximum Gasteiger partial charge on any atom is 0.306 e. The average Bonchev–Trinajstić information content (AvgIpc) is 1.59. The van der Waals surface area contributed by atoms with E-state index in [1.54, 1.807) is 6.92 Å². The number of fused-ring (bicyclic) bond motifs is 8. The molecule has 6 heterocycles. The number of esters is 4. The van der Waals surface area contributed by atoms with Crippen LogP contribution < -0.4 is 29.1 Å². The SMILES string of the molecule is CCOC(=O)CCCCCOC(=O)CCC(=O)N1CCN(c2cc3c(c4ccccc24)N=CC2(O3)N(C)c3ccccc3C2(C)C)CC1.CCOCCOC(=O)CCCCCOC(=O)CCC(=O)N1CCN(c2cc3c(c4ccccc24)N=CC2(O3)N(C)c3ccccc3C2(C)C)CC1. The molecule has 0 saturated carbocycles. The smallest absolute Gasteiger partial charge is 0.306 e. The summed E-state index contributed by atoms with van der Waals surface area (Å²) in [4.78, 5) is 96.6. The third-order valence-electron chi connectivity index (χ3n) is 20.5. The molecule has 2 spiro atoms. The van der Waals surface area contributed by atoms with Crippen LogP contribution in [0.5, 0.6) is 11.5 Å². The van der Waals surface area contributed by atoms with Crippen LogP contribution in [0.4, 0.5) is 34.1 Å². The summed E-state index contributed by atoms with van der Waals surface area (Å²) in [6.45, 7) is 19.6. The van der Waals surface area contributed by atoms with Gasteiger partial charge in [-0.05, 0) is 103 Å². The van der Waals surface area contributed by atoms with Gasteiger partial charge in [-0.3, -0.25) is 38.8 Å². The zero-order valence-electron chi connectivity index (χ0n) is 58.8. The topological polar surface area (TPSA) is 211 Å². The van der Waals surface area contributed by atoms with Crippen molar-refractivity contribution >= 4 is 104 Å². The van der Waals surface area contributed by atoms with Gasteiger partial charge in [-0.15, -0.1) is 0 Å². The van der Waals surface area contributed by atoms with Gasteiger partial charge in [0.05, 0.1) is 62.5 Å². The van der Waals surface area contributed by atoms with E-state index in [1.807, 2.05) is 53.4 Å². The quantitative estimate of drug-likeness (QED) is 0.0296. The summed E-state index contributed by atoms with van der Waals surface area (Å²) < 4.78 is 39.9. The fourth-order valence-electron chi connectivity index (χ4n) is 14.7. The number of hydrogen-bond donors (Lipinski definition) is 0. The summed E-state index contributed by atoms with van der Waals surface area (Å²) in [5.74, 6) is 0.214. The molecule has 0 N–H and O–H groups in total. The molecular weight excluding hydrogens is 1260 g/mol. The largest absolute Gasteiger partial charge is 0.466 e. The molecule has 526 valence electrons. The molecule has 2 fully saturated rings. The highest BCUT2D eigenvalue weighted by Gasteiger charge is 2.60. The first-order valence-electron chi connectivity index (χ1n) is 35.3. The second-order valence-electron chi connectivity index (χ2n) is 27.1. The first-order chi connectivity index (χ1) is 47.8. The molecule has 6 aromatic rings. The van der Waals surface area contributed by atoms with Gasteiger partial charge in [0.2, 0.25) is 23.3 Å². The van der Waals surface area contributed by atoms with Crippen molar-refractivity contribution in [1.82, 2.24) is 9.80 Å². The fraction of sp³-hybridized carbons (Fsp3) is 0.487. The summed E-state index contributed by atoms with van der Waals surface area (Å²) in [7, 11) is 4.14. The number of amides is 2. The van der Waals surface area contributed by atoms with Gasteiger partial charge in [0.15, 0.2) is 11.5 Å². The van der Waals surface area contributed by atoms with Gasteiger partial charge in [-0.2, -0.15) is 0 Å². The van der Waals surface area contributed by atoms with Gasteiger partial charge >= 0.3 is 23.9 Å². The zero-order chi connectivity index (χ0) is 69.9. The van der Waals surface area contributed by atoms with Gasteiger partial charge in [0.25, 0.3) is 0 Å². The number of hydrogen-bond acceptors (Lipinski definition) is 19. The number of unbranched alkanes of at least 4 members (excludes halogenated alkanes) is 4. The van der Waals surface area contributed by atoms with E-state index in [9.17, 15) is 28.8 Å². The third-order valence-corrected chi connectivity index (χ3v) is 20.5. The monoisotopic (exact) mass is 1350 g/mol. The van der Waals surface area contributed by atoms with Gasteiger partial charge in [-0.1, -0.05) is 84.9 Å². The van der Waals surface area contributed by atoms with E-state index in [0.29, 0.717) is 117 Å². The Morgan fingerprint density at radius 1 is 0.414 bits per heavy atom. The molecule has 2 saturated heterocycles. The van der Waals surface area contributed by atoms with Crippen LogP contribution in [-0.4, -0.2) is 175 Å². The number of carbonyl (C=O) groups is 6.